The summed E-state index contributed by atoms with van der Waals surface area (Å²) >= 11 is 0. The Morgan fingerprint density at radius 1 is 0.957 bits per heavy atom. The molecule has 1 aliphatic carbocycles. The number of aliphatic imine (C=N–C) groups is 1. The highest BCUT2D eigenvalue weighted by Gasteiger charge is 2.39. The summed E-state index contributed by atoms with van der Waals surface area (Å²) in [6, 6.07) is 22.1. The lowest BCUT2D eigenvalue weighted by molar-refractivity contribution is 0.0789. The molecule has 2 aromatic carbocycles. The van der Waals surface area contributed by atoms with Gasteiger partial charge >= 0.3 is 0 Å². The van der Waals surface area contributed by atoms with Crippen LogP contribution in [-0.2, 0) is 11.3 Å². The zero-order chi connectivity index (χ0) is 15.5. The van der Waals surface area contributed by atoms with Crippen LogP contribution < -0.4 is 0 Å². The van der Waals surface area contributed by atoms with Gasteiger partial charge in [-0.2, -0.15) is 4.99 Å². The summed E-state index contributed by atoms with van der Waals surface area (Å²) in [5, 5.41) is 0. The van der Waals surface area contributed by atoms with E-state index in [4.69, 9.17) is 9.73 Å². The number of nitrogens with zero attached hydrogens (tertiary/aromatic N) is 2. The molecular weight excluding hydrogens is 284 g/mol. The van der Waals surface area contributed by atoms with E-state index in [9.17, 15) is 0 Å². The Morgan fingerprint density at radius 2 is 1.70 bits per heavy atom. The maximum absolute atomic E-state index is 6.06. The number of benzene rings is 2. The second-order valence-electron chi connectivity index (χ2n) is 6.41. The summed E-state index contributed by atoms with van der Waals surface area (Å²) in [7, 11) is 0. The molecule has 0 spiro atoms. The Labute approximate surface area is 137 Å². The van der Waals surface area contributed by atoms with Gasteiger partial charge in [-0.1, -0.05) is 55.0 Å². The highest BCUT2D eigenvalue weighted by molar-refractivity contribution is 5.78. The van der Waals surface area contributed by atoms with Gasteiger partial charge in [0.15, 0.2) is 0 Å². The van der Waals surface area contributed by atoms with Crippen molar-refractivity contribution in [3.63, 3.8) is 0 Å². The molecular formula is C20H22N2O. The summed E-state index contributed by atoms with van der Waals surface area (Å²) in [6.07, 6.45) is 3.81. The molecule has 0 aromatic heterocycles. The number of hydrogen-bond acceptors (Lipinski definition) is 2. The smallest absolute Gasteiger partial charge is 0.293 e. The van der Waals surface area contributed by atoms with Gasteiger partial charge in [-0.05, 0) is 30.5 Å². The predicted molar refractivity (Wildman–Crippen MR) is 92.6 cm³/mol. The van der Waals surface area contributed by atoms with Gasteiger partial charge in [0, 0.05) is 18.5 Å². The Balaban J connectivity index is 1.64. The molecule has 0 bridgehead atoms. The van der Waals surface area contributed by atoms with Crippen LogP contribution in [-0.4, -0.2) is 23.6 Å². The summed E-state index contributed by atoms with van der Waals surface area (Å²) in [5.74, 6) is 0.647. The van der Waals surface area contributed by atoms with E-state index in [0.717, 1.165) is 24.9 Å². The minimum Gasteiger partial charge on any atom is -0.465 e. The molecule has 2 aromatic rings. The maximum atomic E-state index is 6.06. The lowest BCUT2D eigenvalue weighted by atomic mass is 10.0. The standard InChI is InChI=1S/C20H22N2O/c1-3-8-16(9-4-1)14-22-19-13-7-10-17(19)15-23-20(22)21-18-11-5-2-6-12-18/h1-6,8-9,11-12,17,19H,7,10,13-15H2/t17-,19-/m1/s1. The summed E-state index contributed by atoms with van der Waals surface area (Å²) < 4.78 is 6.06. The molecule has 1 aliphatic heterocycles. The molecule has 3 nitrogen and oxygen atoms in total. The van der Waals surface area contributed by atoms with Crippen LogP contribution in [0.5, 0.6) is 0 Å². The first-order chi connectivity index (χ1) is 11.4. The summed E-state index contributed by atoms with van der Waals surface area (Å²) in [6.45, 7) is 1.68. The second-order valence-corrected chi connectivity index (χ2v) is 6.41. The van der Waals surface area contributed by atoms with E-state index in [2.05, 4.69) is 35.2 Å². The van der Waals surface area contributed by atoms with Crippen LogP contribution in [0.4, 0.5) is 5.69 Å². The van der Waals surface area contributed by atoms with Crippen LogP contribution in [0.3, 0.4) is 0 Å². The average molecular weight is 306 g/mol. The van der Waals surface area contributed by atoms with E-state index in [-0.39, 0.29) is 0 Å². The molecule has 0 amide bonds. The molecule has 1 heterocycles. The maximum Gasteiger partial charge on any atom is 0.293 e. The molecule has 3 heteroatoms. The minimum absolute atomic E-state index is 0.561. The molecule has 0 unspecified atom stereocenters. The zero-order valence-corrected chi connectivity index (χ0v) is 13.3. The topological polar surface area (TPSA) is 24.8 Å². The monoisotopic (exact) mass is 306 g/mol. The molecule has 1 saturated carbocycles. The van der Waals surface area contributed by atoms with E-state index >= 15 is 0 Å². The summed E-state index contributed by atoms with van der Waals surface area (Å²) in [4.78, 5) is 7.15. The molecule has 0 radical (unpaired) electrons. The van der Waals surface area contributed by atoms with Crippen LogP contribution in [0.15, 0.2) is 65.7 Å². The molecule has 2 atom stereocenters. The third kappa shape index (κ3) is 3.09. The Kier molecular flexibility index (Phi) is 4.01. The fraction of sp³-hybridized carbons (Fsp3) is 0.350. The number of fused-ring (bicyclic) bond motifs is 1. The van der Waals surface area contributed by atoms with Crippen LogP contribution in [0, 0.1) is 5.92 Å². The lowest BCUT2D eigenvalue weighted by Gasteiger charge is -2.39. The lowest BCUT2D eigenvalue weighted by Crippen LogP contribution is -2.49. The number of para-hydroxylation sites is 1. The molecule has 2 aliphatic rings. The minimum atomic E-state index is 0.561. The first kappa shape index (κ1) is 14.3. The third-order valence-corrected chi connectivity index (χ3v) is 4.87. The van der Waals surface area contributed by atoms with Crippen LogP contribution in [0.1, 0.15) is 24.8 Å². The Bertz CT molecular complexity index is 669. The molecule has 118 valence electrons. The van der Waals surface area contributed by atoms with E-state index in [0.29, 0.717) is 12.0 Å². The van der Waals surface area contributed by atoms with Crippen LogP contribution in [0.25, 0.3) is 0 Å². The molecule has 2 fully saturated rings. The van der Waals surface area contributed by atoms with Gasteiger partial charge in [0.25, 0.3) is 6.02 Å². The van der Waals surface area contributed by atoms with Crippen molar-refractivity contribution < 1.29 is 4.74 Å². The van der Waals surface area contributed by atoms with Gasteiger partial charge in [-0.15, -0.1) is 0 Å². The number of amidine groups is 1. The van der Waals surface area contributed by atoms with Crippen molar-refractivity contribution in [2.24, 2.45) is 10.9 Å². The van der Waals surface area contributed by atoms with E-state index in [1.807, 2.05) is 30.3 Å². The van der Waals surface area contributed by atoms with Crippen molar-refractivity contribution in [3.8, 4) is 0 Å². The van der Waals surface area contributed by atoms with Crippen molar-refractivity contribution in [1.82, 2.24) is 4.90 Å². The molecule has 4 rings (SSSR count). The fourth-order valence-corrected chi connectivity index (χ4v) is 3.70. The fourth-order valence-electron chi connectivity index (χ4n) is 3.70. The largest absolute Gasteiger partial charge is 0.465 e. The SMILES string of the molecule is c1ccc(CN2C(=Nc3ccccc3)OC[C@H]3CCC[C@H]32)cc1. The van der Waals surface area contributed by atoms with Gasteiger partial charge in [0.05, 0.1) is 12.3 Å². The van der Waals surface area contributed by atoms with Crippen molar-refractivity contribution in [1.29, 1.82) is 0 Å². The second kappa shape index (κ2) is 6.45. The third-order valence-electron chi connectivity index (χ3n) is 4.87. The highest BCUT2D eigenvalue weighted by atomic mass is 16.5. The predicted octanol–water partition coefficient (Wildman–Crippen LogP) is 4.38. The first-order valence-electron chi connectivity index (χ1n) is 8.47. The highest BCUT2D eigenvalue weighted by Crippen LogP contribution is 2.35. The van der Waals surface area contributed by atoms with E-state index < -0.39 is 0 Å². The molecule has 23 heavy (non-hydrogen) atoms. The number of hydrogen-bond donors (Lipinski definition) is 0. The van der Waals surface area contributed by atoms with Crippen LogP contribution in [0.2, 0.25) is 0 Å². The van der Waals surface area contributed by atoms with Gasteiger partial charge in [-0.3, -0.25) is 0 Å². The van der Waals surface area contributed by atoms with Crippen molar-refractivity contribution in [2.45, 2.75) is 31.8 Å². The van der Waals surface area contributed by atoms with Gasteiger partial charge < -0.3 is 9.64 Å². The summed E-state index contributed by atoms with van der Waals surface area (Å²) in [5.41, 5.74) is 2.27. The van der Waals surface area contributed by atoms with E-state index in [1.165, 1.54) is 24.8 Å². The van der Waals surface area contributed by atoms with Gasteiger partial charge in [-0.25, -0.2) is 0 Å². The molecule has 1 saturated heterocycles. The normalized spacial score (nSPS) is 25.2. The van der Waals surface area contributed by atoms with Gasteiger partial charge in [0.2, 0.25) is 0 Å². The molecule has 0 N–H and O–H groups in total. The van der Waals surface area contributed by atoms with Crippen molar-refractivity contribution in [3.05, 3.63) is 66.2 Å². The Hall–Kier alpha value is -2.29. The van der Waals surface area contributed by atoms with Gasteiger partial charge in [0.1, 0.15) is 0 Å². The van der Waals surface area contributed by atoms with Crippen molar-refractivity contribution >= 4 is 11.7 Å². The Morgan fingerprint density at radius 3 is 2.48 bits per heavy atom. The zero-order valence-electron chi connectivity index (χ0n) is 13.3. The van der Waals surface area contributed by atoms with E-state index in [1.54, 1.807) is 0 Å². The van der Waals surface area contributed by atoms with Crippen molar-refractivity contribution in [2.75, 3.05) is 6.61 Å². The van der Waals surface area contributed by atoms with Crippen LogP contribution >= 0.6 is 0 Å². The number of rotatable bonds is 3. The quantitative estimate of drug-likeness (QED) is 0.841. The average Bonchev–Trinajstić information content (AvgIpc) is 3.08. The number of ether oxygens (including phenoxy) is 1. The first-order valence-corrected chi connectivity index (χ1v) is 8.47.